The Hall–Kier alpha value is -0.120. The molecule has 0 radical (unpaired) electrons. The Labute approximate surface area is 99.8 Å². The van der Waals surface area contributed by atoms with Crippen molar-refractivity contribution >= 4 is 0 Å². The van der Waals surface area contributed by atoms with E-state index in [-0.39, 0.29) is 12.0 Å². The summed E-state index contributed by atoms with van der Waals surface area (Å²) in [5.41, 5.74) is 0.0312. The van der Waals surface area contributed by atoms with E-state index in [0.717, 1.165) is 26.1 Å². The summed E-state index contributed by atoms with van der Waals surface area (Å²) in [7, 11) is 2.13. The molecule has 0 aromatic carbocycles. The van der Waals surface area contributed by atoms with E-state index in [1.165, 1.54) is 19.3 Å². The summed E-state index contributed by atoms with van der Waals surface area (Å²) in [6, 6.07) is 0. The van der Waals surface area contributed by atoms with Crippen molar-refractivity contribution in [3.63, 3.8) is 0 Å². The van der Waals surface area contributed by atoms with Crippen molar-refractivity contribution in [2.75, 3.05) is 33.4 Å². The fourth-order valence-corrected chi connectivity index (χ4v) is 2.29. The van der Waals surface area contributed by atoms with Crippen LogP contribution in [-0.4, -0.2) is 49.5 Å². The maximum atomic E-state index is 9.38. The van der Waals surface area contributed by atoms with Gasteiger partial charge in [0.2, 0.25) is 0 Å². The normalized spacial score (nSPS) is 25.7. The third-order valence-corrected chi connectivity index (χ3v) is 3.68. The van der Waals surface area contributed by atoms with Gasteiger partial charge in [0.15, 0.2) is 0 Å². The van der Waals surface area contributed by atoms with Crippen molar-refractivity contribution in [3.05, 3.63) is 0 Å². The number of likely N-dealkylation sites (N-methyl/N-ethyl adjacent to an activating group) is 1. The van der Waals surface area contributed by atoms with Crippen molar-refractivity contribution < 1.29 is 9.84 Å². The van der Waals surface area contributed by atoms with Gasteiger partial charge < -0.3 is 14.7 Å². The van der Waals surface area contributed by atoms with E-state index in [4.69, 9.17) is 4.74 Å². The average Bonchev–Trinajstić information content (AvgIpc) is 2.30. The summed E-state index contributed by atoms with van der Waals surface area (Å²) in [5, 5.41) is 9.38. The molecule has 96 valence electrons. The Morgan fingerprint density at radius 1 is 1.44 bits per heavy atom. The molecule has 3 nitrogen and oxygen atoms in total. The van der Waals surface area contributed by atoms with Gasteiger partial charge in [-0.1, -0.05) is 13.8 Å². The van der Waals surface area contributed by atoms with Crippen LogP contribution < -0.4 is 0 Å². The maximum absolute atomic E-state index is 9.38. The number of aliphatic hydroxyl groups is 1. The van der Waals surface area contributed by atoms with Crippen LogP contribution in [0.3, 0.4) is 0 Å². The molecule has 1 aliphatic heterocycles. The summed E-state index contributed by atoms with van der Waals surface area (Å²) in [5.74, 6) is 0. The van der Waals surface area contributed by atoms with Gasteiger partial charge >= 0.3 is 0 Å². The van der Waals surface area contributed by atoms with Crippen molar-refractivity contribution in [2.45, 2.75) is 45.6 Å². The van der Waals surface area contributed by atoms with E-state index in [1.807, 2.05) is 0 Å². The molecular weight excluding hydrogens is 202 g/mol. The van der Waals surface area contributed by atoms with Gasteiger partial charge in [-0.25, -0.2) is 0 Å². The number of nitrogens with zero attached hydrogens (tertiary/aromatic N) is 1. The molecule has 3 heteroatoms. The van der Waals surface area contributed by atoms with Gasteiger partial charge in [-0.05, 0) is 32.7 Å². The summed E-state index contributed by atoms with van der Waals surface area (Å²) >= 11 is 0. The Morgan fingerprint density at radius 2 is 2.19 bits per heavy atom. The van der Waals surface area contributed by atoms with Gasteiger partial charge in [0, 0.05) is 31.7 Å². The standard InChI is InChI=1S/C13H27NO2/c1-4-13(2,11-15)10-14(3)9-12-7-5-6-8-16-12/h12,15H,4-11H2,1-3H3. The minimum Gasteiger partial charge on any atom is -0.396 e. The van der Waals surface area contributed by atoms with Gasteiger partial charge in [-0.3, -0.25) is 0 Å². The highest BCUT2D eigenvalue weighted by Gasteiger charge is 2.24. The lowest BCUT2D eigenvalue weighted by Crippen LogP contribution is -2.40. The molecule has 1 rings (SSSR count). The first kappa shape index (κ1) is 13.9. The molecule has 0 bridgehead atoms. The molecule has 1 aliphatic rings. The first-order chi connectivity index (χ1) is 7.59. The first-order valence-corrected chi connectivity index (χ1v) is 6.50. The SMILES string of the molecule is CCC(C)(CO)CN(C)CC1CCCCO1. The van der Waals surface area contributed by atoms with Crippen LogP contribution in [0.1, 0.15) is 39.5 Å². The molecular formula is C13H27NO2. The number of aliphatic hydroxyl groups excluding tert-OH is 1. The summed E-state index contributed by atoms with van der Waals surface area (Å²) in [4.78, 5) is 2.30. The van der Waals surface area contributed by atoms with E-state index in [2.05, 4.69) is 25.8 Å². The second-order valence-corrected chi connectivity index (χ2v) is 5.51. The number of rotatable bonds is 6. The van der Waals surface area contributed by atoms with Crippen molar-refractivity contribution in [1.82, 2.24) is 4.90 Å². The van der Waals surface area contributed by atoms with E-state index in [0.29, 0.717) is 6.10 Å². The lowest BCUT2D eigenvalue weighted by Gasteiger charge is -2.34. The lowest BCUT2D eigenvalue weighted by atomic mass is 9.88. The van der Waals surface area contributed by atoms with Crippen LogP contribution in [0, 0.1) is 5.41 Å². The second kappa shape index (κ2) is 6.58. The Kier molecular flexibility index (Phi) is 5.73. The summed E-state index contributed by atoms with van der Waals surface area (Å²) < 4.78 is 5.73. The van der Waals surface area contributed by atoms with E-state index < -0.39 is 0 Å². The smallest absolute Gasteiger partial charge is 0.0701 e. The molecule has 1 N–H and O–H groups in total. The molecule has 2 atom stereocenters. The van der Waals surface area contributed by atoms with Crippen molar-refractivity contribution in [1.29, 1.82) is 0 Å². The largest absolute Gasteiger partial charge is 0.396 e. The van der Waals surface area contributed by atoms with Crippen LogP contribution in [0.4, 0.5) is 0 Å². The molecule has 0 aromatic heterocycles. The number of ether oxygens (including phenoxy) is 1. The minimum absolute atomic E-state index is 0.0312. The highest BCUT2D eigenvalue weighted by molar-refractivity contribution is 4.77. The molecule has 16 heavy (non-hydrogen) atoms. The molecule has 0 aliphatic carbocycles. The predicted octanol–water partition coefficient (Wildman–Crippen LogP) is 1.90. The van der Waals surface area contributed by atoms with Crippen LogP contribution in [0.25, 0.3) is 0 Å². The zero-order valence-corrected chi connectivity index (χ0v) is 11.0. The molecule has 2 unspecified atom stereocenters. The molecule has 0 spiro atoms. The Balaban J connectivity index is 2.30. The number of hydrogen-bond acceptors (Lipinski definition) is 3. The third-order valence-electron chi connectivity index (χ3n) is 3.68. The van der Waals surface area contributed by atoms with Gasteiger partial charge in [-0.2, -0.15) is 0 Å². The quantitative estimate of drug-likeness (QED) is 0.755. The van der Waals surface area contributed by atoms with Crippen LogP contribution >= 0.6 is 0 Å². The highest BCUT2D eigenvalue weighted by atomic mass is 16.5. The molecule has 0 aromatic rings. The molecule has 1 fully saturated rings. The van der Waals surface area contributed by atoms with Crippen LogP contribution in [0.5, 0.6) is 0 Å². The zero-order valence-electron chi connectivity index (χ0n) is 11.0. The number of hydrogen-bond donors (Lipinski definition) is 1. The van der Waals surface area contributed by atoms with Gasteiger partial charge in [0.25, 0.3) is 0 Å². The molecule has 1 saturated heterocycles. The van der Waals surface area contributed by atoms with Gasteiger partial charge in [0.1, 0.15) is 0 Å². The second-order valence-electron chi connectivity index (χ2n) is 5.51. The maximum Gasteiger partial charge on any atom is 0.0701 e. The Morgan fingerprint density at radius 3 is 2.69 bits per heavy atom. The predicted molar refractivity (Wildman–Crippen MR) is 66.6 cm³/mol. The molecule has 0 amide bonds. The first-order valence-electron chi connectivity index (χ1n) is 6.50. The molecule has 0 saturated carbocycles. The Bertz CT molecular complexity index is 186. The van der Waals surface area contributed by atoms with Crippen LogP contribution in [0.2, 0.25) is 0 Å². The lowest BCUT2D eigenvalue weighted by molar-refractivity contribution is -0.0111. The summed E-state index contributed by atoms with van der Waals surface area (Å²) in [6.45, 7) is 7.41. The third kappa shape index (κ3) is 4.40. The van der Waals surface area contributed by atoms with Gasteiger partial charge in [-0.15, -0.1) is 0 Å². The average molecular weight is 229 g/mol. The highest BCUT2D eigenvalue weighted by Crippen LogP contribution is 2.22. The van der Waals surface area contributed by atoms with Crippen molar-refractivity contribution in [2.24, 2.45) is 5.41 Å². The van der Waals surface area contributed by atoms with Gasteiger partial charge in [0.05, 0.1) is 6.10 Å². The van der Waals surface area contributed by atoms with Crippen molar-refractivity contribution in [3.8, 4) is 0 Å². The van der Waals surface area contributed by atoms with E-state index in [1.54, 1.807) is 0 Å². The fraction of sp³-hybridized carbons (Fsp3) is 1.00. The zero-order chi connectivity index (χ0) is 12.0. The monoisotopic (exact) mass is 229 g/mol. The minimum atomic E-state index is 0.0312. The topological polar surface area (TPSA) is 32.7 Å². The summed E-state index contributed by atoms with van der Waals surface area (Å²) in [6.07, 6.45) is 5.11. The van der Waals surface area contributed by atoms with E-state index >= 15 is 0 Å². The van der Waals surface area contributed by atoms with Crippen LogP contribution in [0.15, 0.2) is 0 Å². The fourth-order valence-electron chi connectivity index (χ4n) is 2.29. The molecule has 1 heterocycles. The van der Waals surface area contributed by atoms with Crippen LogP contribution in [-0.2, 0) is 4.74 Å². The van der Waals surface area contributed by atoms with E-state index in [9.17, 15) is 5.11 Å².